The number of carbonyl (C=O) groups is 1. The number of thioether (sulfide) groups is 1. The maximum atomic E-state index is 12.8. The van der Waals surface area contributed by atoms with E-state index >= 15 is 0 Å². The number of aliphatic hydroxyl groups excluding tert-OH is 4. The number of ether oxygens (including phenoxy) is 1. The van der Waals surface area contributed by atoms with Gasteiger partial charge in [0.1, 0.15) is 29.9 Å². The van der Waals surface area contributed by atoms with Crippen LogP contribution < -0.4 is 5.32 Å². The molecule has 0 spiro atoms. The van der Waals surface area contributed by atoms with Crippen molar-refractivity contribution < 1.29 is 30.0 Å². The Morgan fingerprint density at radius 3 is 2.52 bits per heavy atom. The number of rotatable bonds is 7. The maximum absolute atomic E-state index is 12.8. The average Bonchev–Trinajstić information content (AvgIpc) is 2.99. The summed E-state index contributed by atoms with van der Waals surface area (Å²) in [6, 6.07) is -1.20. The van der Waals surface area contributed by atoms with Crippen LogP contribution in [0.15, 0.2) is 0 Å². The lowest BCUT2D eigenvalue weighted by molar-refractivity contribution is -0.211. The van der Waals surface area contributed by atoms with Gasteiger partial charge >= 0.3 is 0 Å². The molecule has 2 rings (SSSR count). The van der Waals surface area contributed by atoms with E-state index in [1.807, 2.05) is 11.9 Å². The number of likely N-dealkylation sites (tertiary alicyclic amines) is 1. The van der Waals surface area contributed by atoms with E-state index in [-0.39, 0.29) is 11.9 Å². The number of hydrogen-bond donors (Lipinski definition) is 5. The Morgan fingerprint density at radius 2 is 1.96 bits per heavy atom. The van der Waals surface area contributed by atoms with Gasteiger partial charge in [0.2, 0.25) is 5.91 Å². The van der Waals surface area contributed by atoms with Crippen molar-refractivity contribution in [3.8, 4) is 0 Å². The molecule has 0 saturated carbocycles. The SMILES string of the molecule is CCC[C@@H]1C[C@@H](C(=O)N[C@@H]([C@H]2O[C@H](SC)[C@@H](O)[C@@H](O)[C@H]2O)[C@@H](C)O)N(C)C1. The average molecular weight is 407 g/mol. The zero-order chi connectivity index (χ0) is 20.3. The molecule has 2 saturated heterocycles. The monoisotopic (exact) mass is 406 g/mol. The van der Waals surface area contributed by atoms with Crippen LogP contribution in [0, 0.1) is 5.92 Å². The Hall–Kier alpha value is -0.420. The number of carbonyl (C=O) groups excluding carboxylic acids is 1. The van der Waals surface area contributed by atoms with Gasteiger partial charge in [0, 0.05) is 6.54 Å². The fourth-order valence-electron chi connectivity index (χ4n) is 4.13. The fraction of sp³-hybridized carbons (Fsp3) is 0.944. The predicted molar refractivity (Wildman–Crippen MR) is 103 cm³/mol. The second-order valence-electron chi connectivity index (χ2n) is 7.80. The second kappa shape index (κ2) is 9.87. The quantitative estimate of drug-likeness (QED) is 0.370. The summed E-state index contributed by atoms with van der Waals surface area (Å²) in [7, 11) is 1.91. The molecule has 0 aromatic rings. The second-order valence-corrected chi connectivity index (χ2v) is 8.73. The lowest BCUT2D eigenvalue weighted by Crippen LogP contribution is -2.65. The predicted octanol–water partition coefficient (Wildman–Crippen LogP) is -0.857. The Kier molecular flexibility index (Phi) is 8.35. The van der Waals surface area contributed by atoms with Crippen molar-refractivity contribution >= 4 is 17.7 Å². The number of likely N-dealkylation sites (N-methyl/N-ethyl adjacent to an activating group) is 1. The Morgan fingerprint density at radius 1 is 1.30 bits per heavy atom. The van der Waals surface area contributed by atoms with Crippen LogP contribution in [0.4, 0.5) is 0 Å². The van der Waals surface area contributed by atoms with Gasteiger partial charge in [-0.3, -0.25) is 9.69 Å². The highest BCUT2D eigenvalue weighted by Gasteiger charge is 2.48. The molecule has 9 heteroatoms. The van der Waals surface area contributed by atoms with E-state index in [4.69, 9.17) is 4.74 Å². The van der Waals surface area contributed by atoms with E-state index in [2.05, 4.69) is 12.2 Å². The highest BCUT2D eigenvalue weighted by Crippen LogP contribution is 2.30. The molecule has 0 bridgehead atoms. The van der Waals surface area contributed by atoms with E-state index in [0.717, 1.165) is 25.8 Å². The summed E-state index contributed by atoms with van der Waals surface area (Å²) in [4.78, 5) is 14.9. The molecular weight excluding hydrogens is 372 g/mol. The van der Waals surface area contributed by atoms with Crippen LogP contribution in [0.25, 0.3) is 0 Å². The smallest absolute Gasteiger partial charge is 0.237 e. The van der Waals surface area contributed by atoms with Gasteiger partial charge in [-0.1, -0.05) is 13.3 Å². The third kappa shape index (κ3) is 5.14. The number of aliphatic hydroxyl groups is 4. The van der Waals surface area contributed by atoms with Gasteiger partial charge in [0.15, 0.2) is 0 Å². The first-order chi connectivity index (χ1) is 12.7. The van der Waals surface area contributed by atoms with E-state index in [1.54, 1.807) is 6.26 Å². The molecule has 0 aliphatic carbocycles. The lowest BCUT2D eigenvalue weighted by atomic mass is 9.92. The molecule has 5 N–H and O–H groups in total. The van der Waals surface area contributed by atoms with Crippen molar-refractivity contribution in [2.45, 2.75) is 81.1 Å². The van der Waals surface area contributed by atoms with Crippen LogP contribution in [0.2, 0.25) is 0 Å². The lowest BCUT2D eigenvalue weighted by Gasteiger charge is -2.44. The summed E-state index contributed by atoms with van der Waals surface area (Å²) in [5, 5.41) is 43.5. The zero-order valence-electron chi connectivity index (χ0n) is 16.5. The van der Waals surface area contributed by atoms with E-state index in [1.165, 1.54) is 18.7 Å². The summed E-state index contributed by atoms with van der Waals surface area (Å²) >= 11 is 1.20. The summed E-state index contributed by atoms with van der Waals surface area (Å²) in [6.45, 7) is 4.48. The van der Waals surface area contributed by atoms with Crippen molar-refractivity contribution in [2.75, 3.05) is 19.8 Å². The van der Waals surface area contributed by atoms with Gasteiger partial charge in [-0.25, -0.2) is 0 Å². The summed E-state index contributed by atoms with van der Waals surface area (Å²) < 4.78 is 5.72. The van der Waals surface area contributed by atoms with E-state index in [0.29, 0.717) is 5.92 Å². The number of nitrogens with one attached hydrogen (secondary N) is 1. The normalized spacial score (nSPS) is 39.9. The third-order valence-corrected chi connectivity index (χ3v) is 6.51. The van der Waals surface area contributed by atoms with Gasteiger partial charge in [-0.15, -0.1) is 11.8 Å². The van der Waals surface area contributed by atoms with Gasteiger partial charge in [0.25, 0.3) is 0 Å². The molecule has 8 nitrogen and oxygen atoms in total. The van der Waals surface area contributed by atoms with Crippen LogP contribution in [0.5, 0.6) is 0 Å². The van der Waals surface area contributed by atoms with Crippen molar-refractivity contribution in [3.63, 3.8) is 0 Å². The standard InChI is InChI=1S/C18H34N2O6S/c1-5-6-10-7-11(20(3)8-10)17(25)19-12(9(2)21)16-14(23)13(22)15(24)18(26-16)27-4/h9-16,18,21-24H,5-8H2,1-4H3,(H,19,25)/t9-,10-,11+,12-,13+,14-,15+,16-,18-/m1/s1. The van der Waals surface area contributed by atoms with Crippen molar-refractivity contribution in [2.24, 2.45) is 5.92 Å². The molecule has 27 heavy (non-hydrogen) atoms. The van der Waals surface area contributed by atoms with Gasteiger partial charge in [-0.05, 0) is 39.0 Å². The largest absolute Gasteiger partial charge is 0.391 e. The minimum Gasteiger partial charge on any atom is -0.391 e. The Labute approximate surface area is 165 Å². The van der Waals surface area contributed by atoms with Crippen molar-refractivity contribution in [1.29, 1.82) is 0 Å². The van der Waals surface area contributed by atoms with Crippen molar-refractivity contribution in [1.82, 2.24) is 10.2 Å². The molecule has 2 heterocycles. The molecular formula is C18H34N2O6S. The van der Waals surface area contributed by atoms with Crippen LogP contribution in [-0.2, 0) is 9.53 Å². The minimum absolute atomic E-state index is 0.223. The van der Waals surface area contributed by atoms with Gasteiger partial charge in [0.05, 0.1) is 18.2 Å². The van der Waals surface area contributed by atoms with E-state index < -0.39 is 42.0 Å². The molecule has 1 amide bonds. The van der Waals surface area contributed by atoms with Gasteiger partial charge < -0.3 is 30.5 Å². The Balaban J connectivity index is 2.09. The highest BCUT2D eigenvalue weighted by molar-refractivity contribution is 7.99. The number of hydrogen-bond acceptors (Lipinski definition) is 8. The fourth-order valence-corrected chi connectivity index (χ4v) is 4.81. The van der Waals surface area contributed by atoms with Crippen LogP contribution in [-0.4, -0.2) is 99.1 Å². The molecule has 0 unspecified atom stereocenters. The number of amides is 1. The molecule has 2 fully saturated rings. The Bertz CT molecular complexity index is 494. The zero-order valence-corrected chi connectivity index (χ0v) is 17.3. The summed E-state index contributed by atoms with van der Waals surface area (Å²) in [5.74, 6) is 0.245. The molecule has 0 radical (unpaired) electrons. The third-order valence-electron chi connectivity index (χ3n) is 5.66. The topological polar surface area (TPSA) is 122 Å². The molecule has 0 aromatic heterocycles. The molecule has 9 atom stereocenters. The van der Waals surface area contributed by atoms with Crippen molar-refractivity contribution in [3.05, 3.63) is 0 Å². The first-order valence-corrected chi connectivity index (χ1v) is 10.9. The number of nitrogens with zero attached hydrogens (tertiary/aromatic N) is 1. The van der Waals surface area contributed by atoms with Crippen LogP contribution >= 0.6 is 11.8 Å². The maximum Gasteiger partial charge on any atom is 0.237 e. The summed E-state index contributed by atoms with van der Waals surface area (Å²) in [5.41, 5.74) is -0.755. The first kappa shape index (κ1) is 22.9. The minimum atomic E-state index is -1.42. The highest BCUT2D eigenvalue weighted by atomic mass is 32.2. The van der Waals surface area contributed by atoms with E-state index in [9.17, 15) is 25.2 Å². The first-order valence-electron chi connectivity index (χ1n) is 9.62. The molecule has 0 aromatic carbocycles. The molecule has 158 valence electrons. The van der Waals surface area contributed by atoms with Gasteiger partial charge in [-0.2, -0.15) is 0 Å². The molecule has 2 aliphatic rings. The summed E-state index contributed by atoms with van der Waals surface area (Å²) in [6.07, 6.45) is -1.50. The van der Waals surface area contributed by atoms with Crippen LogP contribution in [0.1, 0.15) is 33.1 Å². The van der Waals surface area contributed by atoms with Crippen LogP contribution in [0.3, 0.4) is 0 Å². The molecule has 2 aliphatic heterocycles.